The van der Waals surface area contributed by atoms with Crippen LogP contribution in [0.4, 0.5) is 0 Å². The minimum Gasteiger partial charge on any atom is -0.256 e. The Balaban J connectivity index is 1.76. The molecule has 0 atom stereocenters. The van der Waals surface area contributed by atoms with Gasteiger partial charge in [-0.2, -0.15) is 0 Å². The van der Waals surface area contributed by atoms with Crippen LogP contribution in [-0.4, -0.2) is 4.98 Å². The van der Waals surface area contributed by atoms with E-state index in [0.29, 0.717) is 0 Å². The number of pyridine rings is 1. The van der Waals surface area contributed by atoms with E-state index in [0.717, 1.165) is 5.52 Å². The number of benzene rings is 4. The average molecular weight is 367 g/mol. The molecule has 2 aliphatic rings. The highest BCUT2D eigenvalue weighted by molar-refractivity contribution is 6.04. The van der Waals surface area contributed by atoms with E-state index in [1.54, 1.807) is 0 Å². The zero-order valence-electron chi connectivity index (χ0n) is 15.8. The maximum atomic E-state index is 4.82. The summed E-state index contributed by atoms with van der Waals surface area (Å²) in [5, 5.41) is 1.19. The fraction of sp³-hybridized carbons (Fsp3) is 0.0357. The molecule has 0 bridgehead atoms. The molecule has 0 saturated heterocycles. The summed E-state index contributed by atoms with van der Waals surface area (Å²) in [5.74, 6) is 0. The van der Waals surface area contributed by atoms with Gasteiger partial charge in [-0.05, 0) is 45.0 Å². The van der Waals surface area contributed by atoms with E-state index in [1.807, 2.05) is 12.3 Å². The third kappa shape index (κ3) is 1.66. The second-order valence-electron chi connectivity index (χ2n) is 7.95. The number of nitrogens with zero attached hydrogens (tertiary/aromatic N) is 1. The van der Waals surface area contributed by atoms with Gasteiger partial charge in [0.25, 0.3) is 0 Å². The number of rotatable bonds is 0. The van der Waals surface area contributed by atoms with Crippen molar-refractivity contribution in [2.24, 2.45) is 0 Å². The number of fused-ring (bicyclic) bond motifs is 12. The molecule has 0 saturated carbocycles. The lowest BCUT2D eigenvalue weighted by Crippen LogP contribution is -2.25. The van der Waals surface area contributed by atoms with E-state index in [-0.39, 0.29) is 5.41 Å². The first-order valence-electron chi connectivity index (χ1n) is 10.1. The Hall–Kier alpha value is -3.71. The summed E-state index contributed by atoms with van der Waals surface area (Å²) in [5.41, 5.74) is 11.6. The van der Waals surface area contributed by atoms with Gasteiger partial charge in [0.15, 0.2) is 0 Å². The van der Waals surface area contributed by atoms with Crippen LogP contribution in [0.3, 0.4) is 0 Å². The maximum absolute atomic E-state index is 4.82. The lowest BCUT2D eigenvalue weighted by molar-refractivity contribution is 0.794. The molecule has 0 N–H and O–H groups in total. The van der Waals surface area contributed by atoms with Gasteiger partial charge in [-0.3, -0.25) is 4.98 Å². The second-order valence-corrected chi connectivity index (χ2v) is 7.95. The molecule has 2 aliphatic carbocycles. The van der Waals surface area contributed by atoms with E-state index in [2.05, 4.69) is 91.0 Å². The molecule has 0 fully saturated rings. The predicted octanol–water partition coefficient (Wildman–Crippen LogP) is 6.58. The summed E-state index contributed by atoms with van der Waals surface area (Å²) < 4.78 is 0. The Bertz CT molecular complexity index is 1420. The summed E-state index contributed by atoms with van der Waals surface area (Å²) in [6.45, 7) is 0. The Kier molecular flexibility index (Phi) is 2.74. The van der Waals surface area contributed by atoms with Crippen molar-refractivity contribution >= 4 is 10.9 Å². The van der Waals surface area contributed by atoms with E-state index >= 15 is 0 Å². The van der Waals surface area contributed by atoms with Crippen LogP contribution in [0.25, 0.3) is 33.2 Å². The van der Waals surface area contributed by atoms with Crippen LogP contribution >= 0.6 is 0 Å². The lowest BCUT2D eigenvalue weighted by atomic mass is 9.70. The van der Waals surface area contributed by atoms with Gasteiger partial charge in [0, 0.05) is 17.1 Å². The quantitative estimate of drug-likeness (QED) is 0.295. The molecular weight excluding hydrogens is 350 g/mol. The Morgan fingerprint density at radius 2 is 1.07 bits per heavy atom. The maximum Gasteiger partial charge on any atom is 0.0783 e. The summed E-state index contributed by atoms with van der Waals surface area (Å²) in [4.78, 5) is 4.82. The van der Waals surface area contributed by atoms with E-state index in [4.69, 9.17) is 4.98 Å². The number of hydrogen-bond acceptors (Lipinski definition) is 1. The predicted molar refractivity (Wildman–Crippen MR) is 118 cm³/mol. The molecule has 1 nitrogen and oxygen atoms in total. The van der Waals surface area contributed by atoms with Crippen LogP contribution in [-0.2, 0) is 5.41 Å². The highest BCUT2D eigenvalue weighted by Gasteiger charge is 2.51. The highest BCUT2D eigenvalue weighted by Crippen LogP contribution is 2.63. The van der Waals surface area contributed by atoms with Gasteiger partial charge in [0.2, 0.25) is 0 Å². The largest absolute Gasteiger partial charge is 0.256 e. The van der Waals surface area contributed by atoms with Crippen molar-refractivity contribution in [3.05, 3.63) is 126 Å². The summed E-state index contributed by atoms with van der Waals surface area (Å²) in [6, 6.07) is 35.4. The molecule has 1 aromatic heterocycles. The van der Waals surface area contributed by atoms with Crippen molar-refractivity contribution in [2.75, 3.05) is 0 Å². The molecule has 0 unspecified atom stereocenters. The van der Waals surface area contributed by atoms with Crippen LogP contribution in [0, 0.1) is 0 Å². The first kappa shape index (κ1) is 15.2. The summed E-state index contributed by atoms with van der Waals surface area (Å²) >= 11 is 0. The normalized spacial score (nSPS) is 14.5. The Labute approximate surface area is 169 Å². The first-order valence-corrected chi connectivity index (χ1v) is 10.1. The van der Waals surface area contributed by atoms with Crippen molar-refractivity contribution in [1.29, 1.82) is 0 Å². The van der Waals surface area contributed by atoms with Crippen LogP contribution < -0.4 is 0 Å². The zero-order chi connectivity index (χ0) is 19.0. The molecule has 29 heavy (non-hydrogen) atoms. The van der Waals surface area contributed by atoms with Gasteiger partial charge >= 0.3 is 0 Å². The topological polar surface area (TPSA) is 12.9 Å². The van der Waals surface area contributed by atoms with Crippen molar-refractivity contribution in [1.82, 2.24) is 4.98 Å². The summed E-state index contributed by atoms with van der Waals surface area (Å²) in [7, 11) is 0. The van der Waals surface area contributed by atoms with Gasteiger partial charge in [0.05, 0.1) is 10.9 Å². The standard InChI is InChI=1S/C28H17N/c1-4-12-22-19(9-1)20-10-2-5-13-23(20)28(22)24-14-6-3-11-21(24)26-25(28)16-15-18-8-7-17-29-27(18)26/h1-17H. The molecule has 0 amide bonds. The van der Waals surface area contributed by atoms with Gasteiger partial charge in [-0.1, -0.05) is 91.0 Å². The fourth-order valence-electron chi connectivity index (χ4n) is 5.72. The molecule has 134 valence electrons. The average Bonchev–Trinajstić information content (AvgIpc) is 3.27. The molecule has 7 rings (SSSR count). The van der Waals surface area contributed by atoms with Crippen molar-refractivity contribution in [3.63, 3.8) is 0 Å². The molecule has 0 radical (unpaired) electrons. The van der Waals surface area contributed by atoms with E-state index in [9.17, 15) is 0 Å². The van der Waals surface area contributed by atoms with Crippen molar-refractivity contribution in [3.8, 4) is 22.3 Å². The van der Waals surface area contributed by atoms with Crippen molar-refractivity contribution in [2.45, 2.75) is 5.41 Å². The third-order valence-electron chi connectivity index (χ3n) is 6.73. The number of hydrogen-bond donors (Lipinski definition) is 0. The van der Waals surface area contributed by atoms with Crippen LogP contribution in [0.1, 0.15) is 22.3 Å². The molecule has 1 heterocycles. The highest BCUT2D eigenvalue weighted by atomic mass is 14.7. The smallest absolute Gasteiger partial charge is 0.0783 e. The zero-order valence-corrected chi connectivity index (χ0v) is 15.8. The van der Waals surface area contributed by atoms with E-state index < -0.39 is 0 Å². The van der Waals surface area contributed by atoms with Gasteiger partial charge in [-0.15, -0.1) is 0 Å². The van der Waals surface area contributed by atoms with Gasteiger partial charge in [0.1, 0.15) is 0 Å². The van der Waals surface area contributed by atoms with Gasteiger partial charge < -0.3 is 0 Å². The molecule has 0 aliphatic heterocycles. The molecular formula is C28H17N. The minimum atomic E-state index is -0.273. The molecule has 1 spiro atoms. The SMILES string of the molecule is c1ccc2c(c1)-c1ccccc1C21c2ccccc2-c2c1ccc1cccnc21. The molecule has 1 heteroatoms. The van der Waals surface area contributed by atoms with Crippen LogP contribution in [0.15, 0.2) is 103 Å². The lowest BCUT2D eigenvalue weighted by Gasteiger charge is -2.30. The fourth-order valence-corrected chi connectivity index (χ4v) is 5.72. The second kappa shape index (κ2) is 5.21. The molecule has 5 aromatic rings. The minimum absolute atomic E-state index is 0.273. The first-order chi connectivity index (χ1) is 14.4. The summed E-state index contributed by atoms with van der Waals surface area (Å²) in [6.07, 6.45) is 1.91. The van der Waals surface area contributed by atoms with E-state index in [1.165, 1.54) is 49.9 Å². The van der Waals surface area contributed by atoms with Crippen molar-refractivity contribution < 1.29 is 0 Å². The monoisotopic (exact) mass is 367 g/mol. The van der Waals surface area contributed by atoms with Crippen LogP contribution in [0.5, 0.6) is 0 Å². The third-order valence-corrected chi connectivity index (χ3v) is 6.73. The Morgan fingerprint density at radius 3 is 1.76 bits per heavy atom. The van der Waals surface area contributed by atoms with Gasteiger partial charge in [-0.25, -0.2) is 0 Å². The Morgan fingerprint density at radius 1 is 0.483 bits per heavy atom. The number of aromatic nitrogens is 1. The molecule has 4 aromatic carbocycles. The van der Waals surface area contributed by atoms with Crippen LogP contribution in [0.2, 0.25) is 0 Å².